The van der Waals surface area contributed by atoms with Gasteiger partial charge in [-0.2, -0.15) is 0 Å². The summed E-state index contributed by atoms with van der Waals surface area (Å²) in [4.78, 5) is 0. The minimum absolute atomic E-state index is 0.688. The summed E-state index contributed by atoms with van der Waals surface area (Å²) in [5.41, 5.74) is 0.688. The number of allylic oxidation sites excluding steroid dienone is 2. The quantitative estimate of drug-likeness (QED) is 0.529. The van der Waals surface area contributed by atoms with E-state index in [0.717, 1.165) is 11.8 Å². The third-order valence-corrected chi connectivity index (χ3v) is 4.49. The molecule has 0 amide bonds. The number of hydrogen-bond donors (Lipinski definition) is 0. The molecule has 0 heteroatoms. The molecule has 1 saturated carbocycles. The molecule has 0 radical (unpaired) electrons. The Morgan fingerprint density at radius 3 is 2.77 bits per heavy atom. The van der Waals surface area contributed by atoms with Crippen molar-refractivity contribution in [3.63, 3.8) is 0 Å². The van der Waals surface area contributed by atoms with E-state index in [1.165, 1.54) is 38.5 Å². The second-order valence-corrected chi connectivity index (χ2v) is 5.24. The van der Waals surface area contributed by atoms with Crippen LogP contribution in [0.25, 0.3) is 0 Å². The van der Waals surface area contributed by atoms with Crippen molar-refractivity contribution in [3.8, 4) is 0 Å². The van der Waals surface area contributed by atoms with Crippen LogP contribution in [0.3, 0.4) is 0 Å². The van der Waals surface area contributed by atoms with Crippen molar-refractivity contribution in [2.24, 2.45) is 17.3 Å². The van der Waals surface area contributed by atoms with Crippen LogP contribution in [-0.4, -0.2) is 0 Å². The Balaban J connectivity index is 2.22. The van der Waals surface area contributed by atoms with E-state index >= 15 is 0 Å². The molecule has 74 valence electrons. The molecule has 0 bridgehead atoms. The average Bonchev–Trinajstić information content (AvgIpc) is 2.17. The summed E-state index contributed by atoms with van der Waals surface area (Å²) in [5.74, 6) is 1.88. The maximum absolute atomic E-state index is 2.43. The Morgan fingerprint density at radius 1 is 1.23 bits per heavy atom. The summed E-state index contributed by atoms with van der Waals surface area (Å²) in [5, 5.41) is 0. The number of fused-ring (bicyclic) bond motifs is 1. The molecule has 0 aromatic heterocycles. The Labute approximate surface area is 82.4 Å². The van der Waals surface area contributed by atoms with Crippen LogP contribution < -0.4 is 0 Å². The molecule has 0 heterocycles. The van der Waals surface area contributed by atoms with Crippen molar-refractivity contribution in [2.45, 2.75) is 52.4 Å². The molecule has 2 rings (SSSR count). The Kier molecular flexibility index (Phi) is 2.49. The van der Waals surface area contributed by atoms with E-state index < -0.39 is 0 Å². The molecule has 1 fully saturated rings. The lowest BCUT2D eigenvalue weighted by atomic mass is 9.56. The van der Waals surface area contributed by atoms with E-state index in [9.17, 15) is 0 Å². The van der Waals surface area contributed by atoms with Gasteiger partial charge in [-0.25, -0.2) is 0 Å². The highest BCUT2D eigenvalue weighted by Crippen LogP contribution is 2.52. The monoisotopic (exact) mass is 178 g/mol. The summed E-state index contributed by atoms with van der Waals surface area (Å²) in [7, 11) is 0. The van der Waals surface area contributed by atoms with Gasteiger partial charge in [-0.3, -0.25) is 0 Å². The van der Waals surface area contributed by atoms with Crippen molar-refractivity contribution in [3.05, 3.63) is 12.2 Å². The lowest BCUT2D eigenvalue weighted by Crippen LogP contribution is -2.39. The average molecular weight is 178 g/mol. The van der Waals surface area contributed by atoms with Crippen molar-refractivity contribution in [1.82, 2.24) is 0 Å². The van der Waals surface area contributed by atoms with E-state index in [0.29, 0.717) is 5.41 Å². The van der Waals surface area contributed by atoms with Crippen LogP contribution in [0, 0.1) is 17.3 Å². The third-order valence-electron chi connectivity index (χ3n) is 4.49. The predicted molar refractivity (Wildman–Crippen MR) is 57.6 cm³/mol. The Morgan fingerprint density at radius 2 is 2.08 bits per heavy atom. The molecule has 2 aliphatic rings. The summed E-state index contributed by atoms with van der Waals surface area (Å²) < 4.78 is 0. The van der Waals surface area contributed by atoms with E-state index in [2.05, 4.69) is 26.0 Å². The van der Waals surface area contributed by atoms with Gasteiger partial charge in [0.15, 0.2) is 0 Å². The molecule has 0 aromatic rings. The lowest BCUT2D eigenvalue weighted by molar-refractivity contribution is 0.0380. The van der Waals surface area contributed by atoms with Crippen molar-refractivity contribution in [2.75, 3.05) is 0 Å². The topological polar surface area (TPSA) is 0 Å². The molecule has 0 aromatic carbocycles. The molecular formula is C13H22. The van der Waals surface area contributed by atoms with Crippen LogP contribution in [0.4, 0.5) is 0 Å². The van der Waals surface area contributed by atoms with Crippen LogP contribution in [0.15, 0.2) is 12.2 Å². The van der Waals surface area contributed by atoms with E-state index in [1.807, 2.05) is 0 Å². The molecule has 0 nitrogen and oxygen atoms in total. The fraction of sp³-hybridized carbons (Fsp3) is 0.846. The minimum atomic E-state index is 0.688. The molecule has 0 saturated heterocycles. The first kappa shape index (κ1) is 9.30. The highest BCUT2D eigenvalue weighted by Gasteiger charge is 2.42. The second kappa shape index (κ2) is 3.48. The van der Waals surface area contributed by atoms with Crippen LogP contribution in [-0.2, 0) is 0 Å². The molecule has 2 aliphatic carbocycles. The summed E-state index contributed by atoms with van der Waals surface area (Å²) in [6, 6.07) is 0. The van der Waals surface area contributed by atoms with E-state index in [-0.39, 0.29) is 0 Å². The van der Waals surface area contributed by atoms with Gasteiger partial charge in [-0.15, -0.1) is 0 Å². The van der Waals surface area contributed by atoms with Crippen molar-refractivity contribution >= 4 is 0 Å². The van der Waals surface area contributed by atoms with E-state index in [1.54, 1.807) is 0 Å². The SMILES string of the molecule is CC(C)C12CC=CCC1CCCC2. The predicted octanol–water partition coefficient (Wildman–Crippen LogP) is 4.17. The van der Waals surface area contributed by atoms with Gasteiger partial charge < -0.3 is 0 Å². The van der Waals surface area contributed by atoms with Crippen LogP contribution in [0.1, 0.15) is 52.4 Å². The maximum atomic E-state index is 2.43. The number of rotatable bonds is 1. The van der Waals surface area contributed by atoms with Gasteiger partial charge in [0.2, 0.25) is 0 Å². The van der Waals surface area contributed by atoms with Gasteiger partial charge >= 0.3 is 0 Å². The zero-order valence-electron chi connectivity index (χ0n) is 9.05. The first-order valence-electron chi connectivity index (χ1n) is 5.91. The molecule has 2 atom stereocenters. The highest BCUT2D eigenvalue weighted by molar-refractivity contribution is 5.04. The van der Waals surface area contributed by atoms with E-state index in [4.69, 9.17) is 0 Å². The second-order valence-electron chi connectivity index (χ2n) is 5.24. The number of hydrogen-bond acceptors (Lipinski definition) is 0. The summed E-state index contributed by atoms with van der Waals surface area (Å²) in [6.07, 6.45) is 13.5. The van der Waals surface area contributed by atoms with Gasteiger partial charge in [0.1, 0.15) is 0 Å². The summed E-state index contributed by atoms with van der Waals surface area (Å²) in [6.45, 7) is 4.86. The lowest BCUT2D eigenvalue weighted by Gasteiger charge is -2.49. The Hall–Kier alpha value is -0.260. The van der Waals surface area contributed by atoms with Gasteiger partial charge in [-0.05, 0) is 42.9 Å². The standard InChI is InChI=1S/C13H22/c1-11(2)13-9-5-3-7-12(13)8-4-6-10-13/h3,5,11-12H,4,6-10H2,1-2H3. The molecule has 0 N–H and O–H groups in total. The Bertz CT molecular complexity index is 202. The largest absolute Gasteiger partial charge is 0.0882 e. The van der Waals surface area contributed by atoms with Crippen LogP contribution >= 0.6 is 0 Å². The van der Waals surface area contributed by atoms with Crippen molar-refractivity contribution in [1.29, 1.82) is 0 Å². The molecule has 0 spiro atoms. The van der Waals surface area contributed by atoms with Crippen LogP contribution in [0.5, 0.6) is 0 Å². The van der Waals surface area contributed by atoms with Gasteiger partial charge in [0.05, 0.1) is 0 Å². The third kappa shape index (κ3) is 1.45. The highest BCUT2D eigenvalue weighted by atomic mass is 14.5. The fourth-order valence-electron chi connectivity index (χ4n) is 3.52. The molecule has 13 heavy (non-hydrogen) atoms. The van der Waals surface area contributed by atoms with Gasteiger partial charge in [0.25, 0.3) is 0 Å². The molecule has 2 unspecified atom stereocenters. The summed E-state index contributed by atoms with van der Waals surface area (Å²) >= 11 is 0. The van der Waals surface area contributed by atoms with Crippen molar-refractivity contribution < 1.29 is 0 Å². The minimum Gasteiger partial charge on any atom is -0.0882 e. The van der Waals surface area contributed by atoms with Crippen LogP contribution in [0.2, 0.25) is 0 Å². The zero-order chi connectivity index (χ0) is 9.31. The first-order chi connectivity index (χ1) is 6.26. The maximum Gasteiger partial charge on any atom is -0.0209 e. The zero-order valence-corrected chi connectivity index (χ0v) is 9.05. The normalized spacial score (nSPS) is 39.2. The van der Waals surface area contributed by atoms with Gasteiger partial charge in [0, 0.05) is 0 Å². The fourth-order valence-corrected chi connectivity index (χ4v) is 3.52. The first-order valence-corrected chi connectivity index (χ1v) is 5.91. The van der Waals surface area contributed by atoms with Gasteiger partial charge in [-0.1, -0.05) is 38.8 Å². The smallest absolute Gasteiger partial charge is 0.0209 e. The molecular weight excluding hydrogens is 156 g/mol. The molecule has 0 aliphatic heterocycles.